The molecule has 0 aliphatic carbocycles. The maximum Gasteiger partial charge on any atom is 0.255 e. The third-order valence-corrected chi connectivity index (χ3v) is 3.52. The van der Waals surface area contributed by atoms with E-state index in [0.29, 0.717) is 24.2 Å². The van der Waals surface area contributed by atoms with Gasteiger partial charge >= 0.3 is 0 Å². The van der Waals surface area contributed by atoms with Crippen LogP contribution >= 0.6 is 0 Å². The number of hydrogen-bond donors (Lipinski definition) is 2. The quantitative estimate of drug-likeness (QED) is 0.801. The van der Waals surface area contributed by atoms with Gasteiger partial charge in [0.1, 0.15) is 6.04 Å². The number of benzene rings is 1. The predicted molar refractivity (Wildman–Crippen MR) is 77.8 cm³/mol. The van der Waals surface area contributed by atoms with E-state index in [-0.39, 0.29) is 11.8 Å². The van der Waals surface area contributed by atoms with E-state index >= 15 is 0 Å². The minimum atomic E-state index is -0.489. The fourth-order valence-electron chi connectivity index (χ4n) is 2.53. The van der Waals surface area contributed by atoms with Crippen molar-refractivity contribution in [2.24, 2.45) is 0 Å². The summed E-state index contributed by atoms with van der Waals surface area (Å²) in [7, 11) is 0. The molecule has 1 aliphatic rings. The molecule has 2 rings (SSSR count). The van der Waals surface area contributed by atoms with Crippen molar-refractivity contribution in [3.05, 3.63) is 42.1 Å². The summed E-state index contributed by atoms with van der Waals surface area (Å²) in [6, 6.07) is 4.79. The molecule has 0 aromatic heterocycles. The first-order valence-corrected chi connectivity index (χ1v) is 6.69. The van der Waals surface area contributed by atoms with Crippen LogP contribution in [0.15, 0.2) is 31.0 Å². The van der Waals surface area contributed by atoms with E-state index in [1.54, 1.807) is 23.1 Å². The highest BCUT2D eigenvalue weighted by Crippen LogP contribution is 2.29. The monoisotopic (exact) mass is 273 g/mol. The Balaban J connectivity index is 2.29. The molecule has 1 aromatic rings. The van der Waals surface area contributed by atoms with Crippen molar-refractivity contribution in [1.82, 2.24) is 10.2 Å². The predicted octanol–water partition coefficient (Wildman–Crippen LogP) is 1.65. The molecule has 0 saturated heterocycles. The number of nitrogens with one attached hydrogen (secondary N) is 1. The van der Waals surface area contributed by atoms with Crippen LogP contribution in [0.4, 0.5) is 5.69 Å². The number of amides is 2. The number of fused-ring (bicyclic) bond motifs is 1. The molecular weight excluding hydrogens is 254 g/mol. The number of carbonyl (C=O) groups is 2. The second-order valence-electron chi connectivity index (χ2n) is 4.82. The Kier molecular flexibility index (Phi) is 4.08. The number of rotatable bonds is 5. The zero-order chi connectivity index (χ0) is 14.7. The van der Waals surface area contributed by atoms with Gasteiger partial charge in [-0.25, -0.2) is 0 Å². The minimum Gasteiger partial charge on any atom is -0.398 e. The molecule has 106 valence electrons. The van der Waals surface area contributed by atoms with Gasteiger partial charge in [0.05, 0.1) is 0 Å². The maximum atomic E-state index is 12.4. The first-order chi connectivity index (χ1) is 9.60. The Morgan fingerprint density at radius 1 is 1.60 bits per heavy atom. The average molecular weight is 273 g/mol. The summed E-state index contributed by atoms with van der Waals surface area (Å²) in [6.45, 7) is 5.85. The van der Waals surface area contributed by atoms with Crippen molar-refractivity contribution >= 4 is 17.5 Å². The zero-order valence-corrected chi connectivity index (χ0v) is 11.6. The van der Waals surface area contributed by atoms with Crippen molar-refractivity contribution in [3.8, 4) is 0 Å². The second kappa shape index (κ2) is 5.77. The number of hydrogen-bond acceptors (Lipinski definition) is 3. The summed E-state index contributed by atoms with van der Waals surface area (Å²) >= 11 is 0. The standard InChI is InChI=1S/C15H19N3O2/c1-3-6-13(14(19)17-4-2)18-9-11-10(15(18)20)7-5-8-12(11)16/h4-5,7-8,13H,2-3,6,9,16H2,1H3,(H,17,19). The highest BCUT2D eigenvalue weighted by Gasteiger charge is 2.36. The van der Waals surface area contributed by atoms with E-state index in [1.165, 1.54) is 6.20 Å². The molecular formula is C15H19N3O2. The summed E-state index contributed by atoms with van der Waals surface area (Å²) in [6.07, 6.45) is 2.76. The van der Waals surface area contributed by atoms with E-state index in [4.69, 9.17) is 5.73 Å². The van der Waals surface area contributed by atoms with E-state index < -0.39 is 6.04 Å². The van der Waals surface area contributed by atoms with Crippen molar-refractivity contribution < 1.29 is 9.59 Å². The Morgan fingerprint density at radius 3 is 2.95 bits per heavy atom. The molecule has 1 unspecified atom stereocenters. The largest absolute Gasteiger partial charge is 0.398 e. The van der Waals surface area contributed by atoms with Crippen LogP contribution in [-0.4, -0.2) is 22.8 Å². The number of anilines is 1. The van der Waals surface area contributed by atoms with Gasteiger partial charge in [0, 0.05) is 23.4 Å². The van der Waals surface area contributed by atoms with Gasteiger partial charge in [0.2, 0.25) is 5.91 Å². The molecule has 5 nitrogen and oxygen atoms in total. The summed E-state index contributed by atoms with van der Waals surface area (Å²) in [4.78, 5) is 26.1. The summed E-state index contributed by atoms with van der Waals surface area (Å²) in [5, 5.41) is 2.57. The SMILES string of the molecule is C=CNC(=O)C(CCC)N1Cc2c(N)cccc2C1=O. The Hall–Kier alpha value is -2.30. The highest BCUT2D eigenvalue weighted by molar-refractivity contribution is 6.02. The van der Waals surface area contributed by atoms with Gasteiger partial charge in [-0.05, 0) is 24.8 Å². The van der Waals surface area contributed by atoms with Gasteiger partial charge in [-0.2, -0.15) is 0 Å². The molecule has 5 heteroatoms. The summed E-state index contributed by atoms with van der Waals surface area (Å²) < 4.78 is 0. The Labute approximate surface area is 118 Å². The van der Waals surface area contributed by atoms with Crippen molar-refractivity contribution in [2.75, 3.05) is 5.73 Å². The van der Waals surface area contributed by atoms with E-state index in [2.05, 4.69) is 11.9 Å². The molecule has 1 heterocycles. The molecule has 2 amide bonds. The van der Waals surface area contributed by atoms with Crippen LogP contribution in [0, 0.1) is 0 Å². The van der Waals surface area contributed by atoms with Crippen molar-refractivity contribution in [2.45, 2.75) is 32.4 Å². The number of nitrogen functional groups attached to an aromatic ring is 1. The summed E-state index contributed by atoms with van der Waals surface area (Å²) in [5.74, 6) is -0.341. The maximum absolute atomic E-state index is 12.4. The third-order valence-electron chi connectivity index (χ3n) is 3.52. The van der Waals surface area contributed by atoms with Gasteiger partial charge in [-0.3, -0.25) is 9.59 Å². The molecule has 1 aromatic carbocycles. The molecule has 0 bridgehead atoms. The number of nitrogens with two attached hydrogens (primary N) is 1. The molecule has 1 atom stereocenters. The first kappa shape index (κ1) is 14.1. The summed E-state index contributed by atoms with van der Waals surface area (Å²) in [5.41, 5.74) is 7.91. The average Bonchev–Trinajstić information content (AvgIpc) is 2.75. The zero-order valence-electron chi connectivity index (χ0n) is 11.6. The lowest BCUT2D eigenvalue weighted by Crippen LogP contribution is -2.45. The molecule has 0 spiro atoms. The molecule has 3 N–H and O–H groups in total. The number of nitrogens with zero attached hydrogens (tertiary/aromatic N) is 1. The minimum absolute atomic E-state index is 0.134. The van der Waals surface area contributed by atoms with E-state index in [0.717, 1.165) is 12.0 Å². The number of carbonyl (C=O) groups excluding carboxylic acids is 2. The van der Waals surface area contributed by atoms with Crippen molar-refractivity contribution in [1.29, 1.82) is 0 Å². The smallest absolute Gasteiger partial charge is 0.255 e. The van der Waals surface area contributed by atoms with Gasteiger partial charge in [0.15, 0.2) is 0 Å². The fraction of sp³-hybridized carbons (Fsp3) is 0.333. The molecule has 0 radical (unpaired) electrons. The van der Waals surface area contributed by atoms with Crippen LogP contribution in [0.5, 0.6) is 0 Å². The fourth-order valence-corrected chi connectivity index (χ4v) is 2.53. The Bertz CT molecular complexity index is 554. The van der Waals surface area contributed by atoms with Gasteiger partial charge in [0.25, 0.3) is 5.91 Å². The highest BCUT2D eigenvalue weighted by atomic mass is 16.2. The van der Waals surface area contributed by atoms with Crippen LogP contribution in [0.3, 0.4) is 0 Å². The van der Waals surface area contributed by atoms with Gasteiger partial charge in [-0.1, -0.05) is 26.0 Å². The van der Waals surface area contributed by atoms with Crippen LogP contribution in [-0.2, 0) is 11.3 Å². The topological polar surface area (TPSA) is 75.4 Å². The normalized spacial score (nSPS) is 14.8. The van der Waals surface area contributed by atoms with Crippen LogP contribution in [0.1, 0.15) is 35.7 Å². The molecule has 0 saturated carbocycles. The van der Waals surface area contributed by atoms with Crippen molar-refractivity contribution in [3.63, 3.8) is 0 Å². The van der Waals surface area contributed by atoms with E-state index in [1.807, 2.05) is 6.92 Å². The van der Waals surface area contributed by atoms with Crippen LogP contribution in [0.2, 0.25) is 0 Å². The molecule has 20 heavy (non-hydrogen) atoms. The lowest BCUT2D eigenvalue weighted by Gasteiger charge is -2.26. The lowest BCUT2D eigenvalue weighted by molar-refractivity contribution is -0.125. The Morgan fingerprint density at radius 2 is 2.35 bits per heavy atom. The molecule has 0 fully saturated rings. The first-order valence-electron chi connectivity index (χ1n) is 6.69. The van der Waals surface area contributed by atoms with Gasteiger partial charge in [-0.15, -0.1) is 0 Å². The van der Waals surface area contributed by atoms with Gasteiger partial charge < -0.3 is 16.0 Å². The lowest BCUT2D eigenvalue weighted by atomic mass is 10.1. The second-order valence-corrected chi connectivity index (χ2v) is 4.82. The van der Waals surface area contributed by atoms with E-state index in [9.17, 15) is 9.59 Å². The molecule has 1 aliphatic heterocycles. The van der Waals surface area contributed by atoms with Crippen LogP contribution < -0.4 is 11.1 Å². The third kappa shape index (κ3) is 2.39. The van der Waals surface area contributed by atoms with Crippen LogP contribution in [0.25, 0.3) is 0 Å².